The molecule has 6 rings (SSSR count). The molecule has 0 saturated carbocycles. The van der Waals surface area contributed by atoms with Gasteiger partial charge in [-0.05, 0) is 62.0 Å². The molecule has 2 aromatic rings. The number of hydrogen-bond donors (Lipinski definition) is 0. The number of halogens is 2. The maximum atomic E-state index is 13.5. The van der Waals surface area contributed by atoms with Crippen LogP contribution in [0.3, 0.4) is 0 Å². The Morgan fingerprint density at radius 2 is 1.66 bits per heavy atom. The van der Waals surface area contributed by atoms with Gasteiger partial charge in [0, 0.05) is 31.7 Å². The molecule has 32 heavy (non-hydrogen) atoms. The van der Waals surface area contributed by atoms with Gasteiger partial charge in [-0.2, -0.15) is 0 Å². The Balaban J connectivity index is 1.37. The number of benzene rings is 2. The quantitative estimate of drug-likeness (QED) is 0.621. The number of carbonyl (C=O) groups excluding carboxylic acids is 1. The van der Waals surface area contributed by atoms with Crippen LogP contribution in [-0.4, -0.2) is 64.9 Å². The minimum Gasteiger partial charge on any atom is -0.335 e. The predicted molar refractivity (Wildman–Crippen MR) is 130 cm³/mol. The second-order valence-corrected chi connectivity index (χ2v) is 10.3. The number of rotatable bonds is 5. The van der Waals surface area contributed by atoms with Crippen molar-refractivity contribution in [2.45, 2.75) is 56.8 Å². The zero-order valence-electron chi connectivity index (χ0n) is 18.4. The first-order valence-electron chi connectivity index (χ1n) is 11.8. The normalized spacial score (nSPS) is 26.4. The maximum Gasteiger partial charge on any atom is 0.227 e. The van der Waals surface area contributed by atoms with Crippen molar-refractivity contribution in [1.29, 1.82) is 0 Å². The molecule has 170 valence electrons. The number of nitrogens with zero attached hydrogens (tertiary/aromatic N) is 3. The van der Waals surface area contributed by atoms with Gasteiger partial charge in [-0.1, -0.05) is 59.6 Å². The molecule has 4 aliphatic heterocycles. The molecule has 0 aromatic heterocycles. The minimum atomic E-state index is 0.212. The summed E-state index contributed by atoms with van der Waals surface area (Å²) >= 11 is 12.3. The number of likely N-dealkylation sites (tertiary alicyclic amines) is 1. The van der Waals surface area contributed by atoms with Gasteiger partial charge in [-0.15, -0.1) is 0 Å². The zero-order chi connectivity index (χ0) is 22.1. The van der Waals surface area contributed by atoms with E-state index in [1.807, 2.05) is 12.1 Å². The molecule has 2 aromatic carbocycles. The SMILES string of the molecule is O=C(Cc1ccc(Cl)c(Cl)c1)N1C[C@@H]2CC[C@@H](N3CCCC3)[C@H]1CN2Cc1ccccc1. The molecule has 0 spiro atoms. The Labute approximate surface area is 201 Å². The average molecular weight is 472 g/mol. The fraction of sp³-hybridized carbons (Fsp3) is 0.500. The summed E-state index contributed by atoms with van der Waals surface area (Å²) in [6, 6.07) is 17.4. The summed E-state index contributed by atoms with van der Waals surface area (Å²) in [6.45, 7) is 5.07. The zero-order valence-corrected chi connectivity index (χ0v) is 19.9. The van der Waals surface area contributed by atoms with Gasteiger partial charge in [-0.3, -0.25) is 14.6 Å². The maximum absolute atomic E-state index is 13.5. The van der Waals surface area contributed by atoms with Crippen LogP contribution in [0.5, 0.6) is 0 Å². The third-order valence-corrected chi connectivity index (χ3v) is 8.22. The first kappa shape index (κ1) is 22.2. The smallest absolute Gasteiger partial charge is 0.227 e. The van der Waals surface area contributed by atoms with E-state index in [9.17, 15) is 4.79 Å². The molecule has 1 amide bonds. The highest BCUT2D eigenvalue weighted by molar-refractivity contribution is 6.42. The van der Waals surface area contributed by atoms with Crippen LogP contribution >= 0.6 is 23.2 Å². The molecule has 6 heteroatoms. The van der Waals surface area contributed by atoms with E-state index in [0.29, 0.717) is 28.5 Å². The van der Waals surface area contributed by atoms with Crippen LogP contribution < -0.4 is 0 Å². The van der Waals surface area contributed by atoms with Crippen molar-refractivity contribution < 1.29 is 4.79 Å². The van der Waals surface area contributed by atoms with Crippen LogP contribution in [-0.2, 0) is 17.8 Å². The molecule has 3 atom stereocenters. The third-order valence-electron chi connectivity index (χ3n) is 7.48. The van der Waals surface area contributed by atoms with Gasteiger partial charge in [0.05, 0.1) is 22.5 Å². The highest BCUT2D eigenvalue weighted by atomic mass is 35.5. The summed E-state index contributed by atoms with van der Waals surface area (Å²) in [6.07, 6.45) is 5.26. The van der Waals surface area contributed by atoms with E-state index >= 15 is 0 Å². The van der Waals surface area contributed by atoms with Crippen LogP contribution in [0, 0.1) is 0 Å². The highest BCUT2D eigenvalue weighted by Gasteiger charge is 2.45. The average Bonchev–Trinajstić information content (AvgIpc) is 3.20. The van der Waals surface area contributed by atoms with Crippen molar-refractivity contribution in [3.05, 3.63) is 69.7 Å². The summed E-state index contributed by atoms with van der Waals surface area (Å²) in [4.78, 5) is 21.0. The van der Waals surface area contributed by atoms with Gasteiger partial charge < -0.3 is 4.90 Å². The fourth-order valence-electron chi connectivity index (χ4n) is 5.85. The first-order chi connectivity index (χ1) is 15.6. The lowest BCUT2D eigenvalue weighted by atomic mass is 10.0. The largest absolute Gasteiger partial charge is 0.335 e. The van der Waals surface area contributed by atoms with E-state index in [4.69, 9.17) is 23.2 Å². The fourth-order valence-corrected chi connectivity index (χ4v) is 6.17. The molecular formula is C26H31Cl2N3O. The van der Waals surface area contributed by atoms with Crippen LogP contribution in [0.15, 0.2) is 48.5 Å². The summed E-state index contributed by atoms with van der Waals surface area (Å²) in [5.74, 6) is 0.212. The van der Waals surface area contributed by atoms with Crippen LogP contribution in [0.1, 0.15) is 36.8 Å². The predicted octanol–water partition coefficient (Wildman–Crippen LogP) is 4.88. The van der Waals surface area contributed by atoms with Crippen molar-refractivity contribution in [2.75, 3.05) is 26.2 Å². The lowest BCUT2D eigenvalue weighted by Crippen LogP contribution is -2.62. The van der Waals surface area contributed by atoms with Gasteiger partial charge in [0.1, 0.15) is 0 Å². The third kappa shape index (κ3) is 4.70. The monoisotopic (exact) mass is 471 g/mol. The standard InChI is InChI=1S/C26H31Cl2N3O/c27-22-10-8-20(14-23(22)28)15-26(32)31-17-21-9-11-24(29-12-4-5-13-29)25(31)18-30(21)16-19-6-2-1-3-7-19/h1-3,6-8,10,14,21,24-25H,4-5,9,11-13,15-18H2/t21-,24+,25+/m0/s1. The molecule has 4 fully saturated rings. The van der Waals surface area contributed by atoms with Crippen molar-refractivity contribution in [1.82, 2.24) is 14.7 Å². The van der Waals surface area contributed by atoms with Gasteiger partial charge in [-0.25, -0.2) is 0 Å². The summed E-state index contributed by atoms with van der Waals surface area (Å²) in [5.41, 5.74) is 2.29. The molecule has 0 radical (unpaired) electrons. The molecule has 4 aliphatic rings. The van der Waals surface area contributed by atoms with E-state index in [-0.39, 0.29) is 11.9 Å². The Kier molecular flexibility index (Phi) is 6.75. The highest BCUT2D eigenvalue weighted by Crippen LogP contribution is 2.34. The number of piperazine rings is 1. The van der Waals surface area contributed by atoms with Crippen molar-refractivity contribution in [2.24, 2.45) is 0 Å². The van der Waals surface area contributed by atoms with Crippen LogP contribution in [0.2, 0.25) is 10.0 Å². The van der Waals surface area contributed by atoms with E-state index in [2.05, 4.69) is 45.0 Å². The Hall–Kier alpha value is -1.59. The Morgan fingerprint density at radius 3 is 2.41 bits per heavy atom. The topological polar surface area (TPSA) is 26.8 Å². The number of fused-ring (bicyclic) bond motifs is 4. The summed E-state index contributed by atoms with van der Waals surface area (Å²) in [5, 5.41) is 1.04. The van der Waals surface area contributed by atoms with Gasteiger partial charge in [0.2, 0.25) is 5.91 Å². The van der Waals surface area contributed by atoms with Crippen LogP contribution in [0.4, 0.5) is 0 Å². The lowest BCUT2D eigenvalue weighted by Gasteiger charge is -2.47. The molecule has 2 bridgehead atoms. The Bertz CT molecular complexity index is 947. The first-order valence-corrected chi connectivity index (χ1v) is 12.6. The van der Waals surface area contributed by atoms with Gasteiger partial charge in [0.15, 0.2) is 0 Å². The molecule has 0 N–H and O–H groups in total. The van der Waals surface area contributed by atoms with Crippen molar-refractivity contribution >= 4 is 29.1 Å². The van der Waals surface area contributed by atoms with Gasteiger partial charge in [0.25, 0.3) is 0 Å². The lowest BCUT2D eigenvalue weighted by molar-refractivity contribution is -0.138. The second kappa shape index (κ2) is 9.72. The van der Waals surface area contributed by atoms with E-state index in [1.165, 1.54) is 37.9 Å². The number of hydrogen-bond acceptors (Lipinski definition) is 3. The molecule has 4 saturated heterocycles. The van der Waals surface area contributed by atoms with Gasteiger partial charge >= 0.3 is 0 Å². The van der Waals surface area contributed by atoms with E-state index in [0.717, 1.165) is 31.6 Å². The molecular weight excluding hydrogens is 441 g/mol. The number of amides is 1. The summed E-state index contributed by atoms with van der Waals surface area (Å²) in [7, 11) is 0. The van der Waals surface area contributed by atoms with E-state index < -0.39 is 0 Å². The summed E-state index contributed by atoms with van der Waals surface area (Å²) < 4.78 is 0. The molecule has 4 heterocycles. The minimum absolute atomic E-state index is 0.212. The molecule has 0 aliphatic carbocycles. The Morgan fingerprint density at radius 1 is 0.875 bits per heavy atom. The van der Waals surface area contributed by atoms with E-state index in [1.54, 1.807) is 6.07 Å². The van der Waals surface area contributed by atoms with Crippen LogP contribution in [0.25, 0.3) is 0 Å². The second-order valence-electron chi connectivity index (χ2n) is 9.50. The number of carbonyl (C=O) groups is 1. The molecule has 4 nitrogen and oxygen atoms in total. The molecule has 0 unspecified atom stereocenters. The van der Waals surface area contributed by atoms with Crippen molar-refractivity contribution in [3.63, 3.8) is 0 Å². The van der Waals surface area contributed by atoms with Crippen molar-refractivity contribution in [3.8, 4) is 0 Å².